The van der Waals surface area contributed by atoms with Gasteiger partial charge in [-0.1, -0.05) is 12.1 Å². The molecule has 23 heavy (non-hydrogen) atoms. The van der Waals surface area contributed by atoms with Gasteiger partial charge in [-0.25, -0.2) is 9.97 Å². The van der Waals surface area contributed by atoms with E-state index in [1.54, 1.807) is 5.38 Å². The van der Waals surface area contributed by atoms with Gasteiger partial charge in [-0.15, -0.1) is 11.3 Å². The first-order valence-corrected chi connectivity index (χ1v) is 7.85. The molecule has 3 rings (SSSR count). The third-order valence-corrected chi connectivity index (χ3v) is 3.86. The number of thiazole rings is 1. The van der Waals surface area contributed by atoms with E-state index < -0.39 is 5.91 Å². The third kappa shape index (κ3) is 3.92. The van der Waals surface area contributed by atoms with E-state index in [1.807, 2.05) is 24.3 Å². The van der Waals surface area contributed by atoms with E-state index in [1.165, 1.54) is 11.3 Å². The van der Waals surface area contributed by atoms with Crippen LogP contribution in [0, 0.1) is 0 Å². The number of anilines is 1. The van der Waals surface area contributed by atoms with Crippen LogP contribution >= 0.6 is 11.3 Å². The fourth-order valence-corrected chi connectivity index (χ4v) is 2.78. The minimum absolute atomic E-state index is 0.0648. The summed E-state index contributed by atoms with van der Waals surface area (Å²) in [5.41, 5.74) is 7.14. The van der Waals surface area contributed by atoms with E-state index in [2.05, 4.69) is 15.3 Å². The zero-order valence-corrected chi connectivity index (χ0v) is 12.9. The summed E-state index contributed by atoms with van der Waals surface area (Å²) >= 11 is 1.26. The van der Waals surface area contributed by atoms with Crippen LogP contribution in [0.5, 0.6) is 0 Å². The van der Waals surface area contributed by atoms with Crippen molar-refractivity contribution in [2.45, 2.75) is 19.3 Å². The molecule has 0 aliphatic heterocycles. The molecule has 8 heteroatoms. The van der Waals surface area contributed by atoms with E-state index in [4.69, 9.17) is 10.2 Å². The maximum Gasteiger partial charge on any atom is 0.226 e. The summed E-state index contributed by atoms with van der Waals surface area (Å²) in [6, 6.07) is 7.45. The Bertz CT molecular complexity index is 822. The summed E-state index contributed by atoms with van der Waals surface area (Å²) < 4.78 is 5.56. The summed E-state index contributed by atoms with van der Waals surface area (Å²) in [6.07, 6.45) is 0.701. The number of aromatic nitrogens is 2. The number of carbonyl (C=O) groups excluding carboxylic acids is 2. The number of oxazole rings is 1. The first-order chi connectivity index (χ1) is 11.1. The highest BCUT2D eigenvalue weighted by molar-refractivity contribution is 7.13. The molecule has 7 nitrogen and oxygen atoms in total. The van der Waals surface area contributed by atoms with Gasteiger partial charge in [-0.2, -0.15) is 0 Å². The van der Waals surface area contributed by atoms with Crippen LogP contribution in [-0.2, 0) is 22.4 Å². The molecular formula is C15H14N4O3S. The molecule has 118 valence electrons. The quantitative estimate of drug-likeness (QED) is 0.717. The molecule has 3 N–H and O–H groups in total. The predicted molar refractivity (Wildman–Crippen MR) is 86.0 cm³/mol. The summed E-state index contributed by atoms with van der Waals surface area (Å²) in [6.45, 7) is 0. The molecule has 0 atom stereocenters. The standard InChI is InChI=1S/C15H14N4O3S/c16-12(20)7-9-8-23-15(17-9)19-13(21)5-6-14-18-10-3-1-2-4-11(10)22-14/h1-4,8H,5-7H2,(H2,16,20)(H,17,19,21). The van der Waals surface area contributed by atoms with Gasteiger partial charge in [0.2, 0.25) is 11.8 Å². The van der Waals surface area contributed by atoms with E-state index in [9.17, 15) is 9.59 Å². The Hall–Kier alpha value is -2.74. The van der Waals surface area contributed by atoms with Gasteiger partial charge >= 0.3 is 0 Å². The first kappa shape index (κ1) is 15.2. The van der Waals surface area contributed by atoms with Crippen LogP contribution in [0.3, 0.4) is 0 Å². The predicted octanol–water partition coefficient (Wildman–Crippen LogP) is 1.88. The highest BCUT2D eigenvalue weighted by atomic mass is 32.1. The van der Waals surface area contributed by atoms with Crippen LogP contribution in [0.2, 0.25) is 0 Å². The maximum absolute atomic E-state index is 11.9. The maximum atomic E-state index is 11.9. The summed E-state index contributed by atoms with van der Waals surface area (Å²) in [5, 5.41) is 4.83. The Morgan fingerprint density at radius 1 is 1.26 bits per heavy atom. The largest absolute Gasteiger partial charge is 0.441 e. The molecule has 0 spiro atoms. The summed E-state index contributed by atoms with van der Waals surface area (Å²) in [7, 11) is 0. The molecular weight excluding hydrogens is 316 g/mol. The van der Waals surface area contributed by atoms with Gasteiger partial charge in [0.1, 0.15) is 5.52 Å². The molecule has 0 fully saturated rings. The molecule has 1 aromatic carbocycles. The Morgan fingerprint density at radius 3 is 2.87 bits per heavy atom. The number of amides is 2. The smallest absolute Gasteiger partial charge is 0.226 e. The van der Waals surface area contributed by atoms with Gasteiger partial charge in [0.05, 0.1) is 12.1 Å². The van der Waals surface area contributed by atoms with Crippen molar-refractivity contribution in [2.75, 3.05) is 5.32 Å². The van der Waals surface area contributed by atoms with E-state index >= 15 is 0 Å². The van der Waals surface area contributed by atoms with Crippen molar-refractivity contribution < 1.29 is 14.0 Å². The Labute approximate surface area is 135 Å². The second kappa shape index (κ2) is 6.57. The minimum Gasteiger partial charge on any atom is -0.441 e. The topological polar surface area (TPSA) is 111 Å². The lowest BCUT2D eigenvalue weighted by atomic mass is 10.3. The Morgan fingerprint density at radius 2 is 2.09 bits per heavy atom. The van der Waals surface area contributed by atoms with Crippen LogP contribution in [0.25, 0.3) is 11.1 Å². The van der Waals surface area contributed by atoms with Crippen LogP contribution < -0.4 is 11.1 Å². The van der Waals surface area contributed by atoms with Gasteiger partial charge in [0.15, 0.2) is 16.6 Å². The normalized spacial score (nSPS) is 10.8. The minimum atomic E-state index is -0.455. The second-order valence-corrected chi connectivity index (χ2v) is 5.77. The van der Waals surface area contributed by atoms with Crippen molar-refractivity contribution in [1.82, 2.24) is 9.97 Å². The van der Waals surface area contributed by atoms with E-state index in [0.29, 0.717) is 28.7 Å². The lowest BCUT2D eigenvalue weighted by molar-refractivity contribution is -0.117. The highest BCUT2D eigenvalue weighted by Gasteiger charge is 2.11. The number of para-hydroxylation sites is 2. The number of rotatable bonds is 6. The average molecular weight is 330 g/mol. The second-order valence-electron chi connectivity index (χ2n) is 4.91. The van der Waals surface area contributed by atoms with Gasteiger partial charge in [-0.3, -0.25) is 9.59 Å². The van der Waals surface area contributed by atoms with Crippen LogP contribution in [-0.4, -0.2) is 21.8 Å². The van der Waals surface area contributed by atoms with Crippen molar-refractivity contribution in [2.24, 2.45) is 5.73 Å². The molecule has 2 aromatic heterocycles. The molecule has 0 saturated carbocycles. The molecule has 0 aliphatic carbocycles. The van der Waals surface area contributed by atoms with E-state index in [0.717, 1.165) is 5.52 Å². The van der Waals surface area contributed by atoms with Crippen molar-refractivity contribution in [3.05, 3.63) is 41.2 Å². The average Bonchev–Trinajstić information content (AvgIpc) is 3.10. The van der Waals surface area contributed by atoms with Crippen LogP contribution in [0.1, 0.15) is 18.0 Å². The van der Waals surface area contributed by atoms with Crippen LogP contribution in [0.4, 0.5) is 5.13 Å². The van der Waals surface area contributed by atoms with Crippen LogP contribution in [0.15, 0.2) is 34.1 Å². The number of hydrogen-bond acceptors (Lipinski definition) is 6. The van der Waals surface area contributed by atoms with E-state index in [-0.39, 0.29) is 18.7 Å². The van der Waals surface area contributed by atoms with Gasteiger partial charge in [0, 0.05) is 18.2 Å². The third-order valence-electron chi connectivity index (χ3n) is 3.06. The number of nitrogens with zero attached hydrogens (tertiary/aromatic N) is 2. The lowest BCUT2D eigenvalue weighted by Crippen LogP contribution is -2.14. The number of fused-ring (bicyclic) bond motifs is 1. The van der Waals surface area contributed by atoms with Crippen molar-refractivity contribution in [3.63, 3.8) is 0 Å². The zero-order valence-electron chi connectivity index (χ0n) is 12.1. The SMILES string of the molecule is NC(=O)Cc1csc(NC(=O)CCc2nc3ccccc3o2)n1. The van der Waals surface area contributed by atoms with Gasteiger partial charge < -0.3 is 15.5 Å². The zero-order chi connectivity index (χ0) is 16.2. The number of hydrogen-bond donors (Lipinski definition) is 2. The first-order valence-electron chi connectivity index (χ1n) is 6.97. The van der Waals surface area contributed by atoms with Gasteiger partial charge in [0.25, 0.3) is 0 Å². The molecule has 3 aromatic rings. The Balaban J connectivity index is 1.54. The number of primary amides is 1. The summed E-state index contributed by atoms with van der Waals surface area (Å²) in [5.74, 6) is -0.119. The molecule has 0 unspecified atom stereocenters. The molecule has 0 aliphatic rings. The molecule has 2 amide bonds. The molecule has 0 radical (unpaired) electrons. The van der Waals surface area contributed by atoms with Gasteiger partial charge in [-0.05, 0) is 12.1 Å². The molecule has 2 heterocycles. The highest BCUT2D eigenvalue weighted by Crippen LogP contribution is 2.18. The number of carbonyl (C=O) groups is 2. The number of benzene rings is 1. The fourth-order valence-electron chi connectivity index (χ4n) is 2.05. The number of nitrogens with two attached hydrogens (primary N) is 1. The van der Waals surface area contributed by atoms with Crippen molar-refractivity contribution >= 4 is 39.4 Å². The Kier molecular flexibility index (Phi) is 4.33. The molecule has 0 saturated heterocycles. The fraction of sp³-hybridized carbons (Fsp3) is 0.200. The monoisotopic (exact) mass is 330 g/mol. The summed E-state index contributed by atoms with van der Waals surface area (Å²) in [4.78, 5) is 31.2. The number of nitrogens with one attached hydrogen (secondary N) is 1. The number of aryl methyl sites for hydroxylation is 1. The van der Waals surface area contributed by atoms with Crippen molar-refractivity contribution in [3.8, 4) is 0 Å². The molecule has 0 bridgehead atoms. The lowest BCUT2D eigenvalue weighted by Gasteiger charge is -1.99. The van der Waals surface area contributed by atoms with Crippen molar-refractivity contribution in [1.29, 1.82) is 0 Å².